The fourth-order valence-corrected chi connectivity index (χ4v) is 3.37. The number of amides is 1. The van der Waals surface area contributed by atoms with E-state index in [1.54, 1.807) is 24.4 Å². The molecule has 1 heterocycles. The molecular weight excluding hydrogens is 393 g/mol. The zero-order valence-corrected chi connectivity index (χ0v) is 16.1. The first-order valence-electron chi connectivity index (χ1n) is 8.58. The minimum Gasteiger partial charge on any atom is -0.349 e. The zero-order valence-electron chi connectivity index (χ0n) is 14.6. The molecule has 0 fully saturated rings. The lowest BCUT2D eigenvalue weighted by molar-refractivity contribution is 0.0951. The van der Waals surface area contributed by atoms with Gasteiger partial charge in [0.2, 0.25) is 0 Å². The molecule has 0 spiro atoms. The first-order chi connectivity index (χ1) is 13.6. The molecule has 0 saturated heterocycles. The molecular formula is C22H15Cl2N3O. The Morgan fingerprint density at radius 2 is 1.68 bits per heavy atom. The number of carbonyl (C=O) groups is 1. The van der Waals surface area contributed by atoms with Crippen molar-refractivity contribution in [2.45, 2.75) is 0 Å². The highest BCUT2D eigenvalue weighted by atomic mass is 35.5. The Labute approximate surface area is 171 Å². The molecule has 28 heavy (non-hydrogen) atoms. The number of hydrogen-bond acceptors (Lipinski definition) is 2. The Balaban J connectivity index is 1.70. The molecule has 4 rings (SSSR count). The van der Waals surface area contributed by atoms with Crippen LogP contribution in [0.2, 0.25) is 10.0 Å². The Morgan fingerprint density at radius 1 is 0.929 bits per heavy atom. The first-order valence-corrected chi connectivity index (χ1v) is 9.33. The highest BCUT2D eigenvalue weighted by Crippen LogP contribution is 2.35. The smallest absolute Gasteiger partial charge is 0.288 e. The summed E-state index contributed by atoms with van der Waals surface area (Å²) in [5.74, 6) is -0.351. The third kappa shape index (κ3) is 3.65. The van der Waals surface area contributed by atoms with Gasteiger partial charge in [-0.15, -0.1) is 0 Å². The Kier molecular flexibility index (Phi) is 5.15. The Morgan fingerprint density at radius 3 is 2.43 bits per heavy atom. The van der Waals surface area contributed by atoms with Crippen molar-refractivity contribution in [3.63, 3.8) is 0 Å². The molecule has 3 aromatic carbocycles. The number of aromatic nitrogens is 1. The van der Waals surface area contributed by atoms with Crippen LogP contribution in [0, 0.1) is 0 Å². The van der Waals surface area contributed by atoms with E-state index in [-0.39, 0.29) is 5.91 Å². The standard InChI is InChI=1S/C22H15Cl2N3O/c23-16-11-9-14(10-12-16)13-25-27-22(28)21-19(15-5-2-1-3-6-15)17-7-4-8-18(24)20(17)26-21/h1-13,26H,(H,27,28)/b25-13+. The number of halogens is 2. The largest absolute Gasteiger partial charge is 0.349 e. The van der Waals surface area contributed by atoms with Crippen LogP contribution in [0.5, 0.6) is 0 Å². The molecule has 1 amide bonds. The van der Waals surface area contributed by atoms with E-state index in [0.717, 1.165) is 27.6 Å². The molecule has 4 nitrogen and oxygen atoms in total. The van der Waals surface area contributed by atoms with E-state index in [0.29, 0.717) is 15.7 Å². The summed E-state index contributed by atoms with van der Waals surface area (Å²) in [7, 11) is 0. The second-order valence-corrected chi connectivity index (χ2v) is 7.00. The predicted molar refractivity (Wildman–Crippen MR) is 115 cm³/mol. The number of benzene rings is 3. The van der Waals surface area contributed by atoms with Crippen molar-refractivity contribution in [2.75, 3.05) is 0 Å². The number of hydrazone groups is 1. The third-order valence-electron chi connectivity index (χ3n) is 4.32. The first kappa shape index (κ1) is 18.3. The van der Waals surface area contributed by atoms with Gasteiger partial charge >= 0.3 is 0 Å². The molecule has 1 aromatic heterocycles. The Bertz CT molecular complexity index is 1170. The molecule has 0 bridgehead atoms. The van der Waals surface area contributed by atoms with Crippen molar-refractivity contribution in [1.29, 1.82) is 0 Å². The van der Waals surface area contributed by atoms with E-state index >= 15 is 0 Å². The highest BCUT2D eigenvalue weighted by molar-refractivity contribution is 6.36. The van der Waals surface area contributed by atoms with Crippen molar-refractivity contribution in [1.82, 2.24) is 10.4 Å². The number of nitrogens with one attached hydrogen (secondary N) is 2. The van der Waals surface area contributed by atoms with Gasteiger partial charge in [-0.2, -0.15) is 5.10 Å². The van der Waals surface area contributed by atoms with E-state index in [9.17, 15) is 4.79 Å². The number of rotatable bonds is 4. The lowest BCUT2D eigenvalue weighted by Crippen LogP contribution is -2.18. The van der Waals surface area contributed by atoms with E-state index in [1.807, 2.05) is 54.6 Å². The fourth-order valence-electron chi connectivity index (χ4n) is 3.03. The molecule has 0 aliphatic carbocycles. The summed E-state index contributed by atoms with van der Waals surface area (Å²) in [5, 5.41) is 6.13. The molecule has 2 N–H and O–H groups in total. The van der Waals surface area contributed by atoms with Gasteiger partial charge in [-0.05, 0) is 29.3 Å². The molecule has 0 aliphatic heterocycles. The van der Waals surface area contributed by atoms with Crippen LogP contribution in [0.4, 0.5) is 0 Å². The highest BCUT2D eigenvalue weighted by Gasteiger charge is 2.20. The Hall–Kier alpha value is -3.08. The summed E-state index contributed by atoms with van der Waals surface area (Å²) in [6.07, 6.45) is 1.56. The van der Waals surface area contributed by atoms with Gasteiger partial charge in [0.25, 0.3) is 5.91 Å². The average Bonchev–Trinajstić information content (AvgIpc) is 3.11. The van der Waals surface area contributed by atoms with Crippen LogP contribution in [0.25, 0.3) is 22.0 Å². The van der Waals surface area contributed by atoms with Crippen molar-refractivity contribution >= 4 is 46.2 Å². The van der Waals surface area contributed by atoms with Crippen LogP contribution >= 0.6 is 23.2 Å². The number of aromatic amines is 1. The molecule has 0 atom stereocenters. The molecule has 138 valence electrons. The van der Waals surface area contributed by atoms with Crippen molar-refractivity contribution in [3.05, 3.63) is 94.1 Å². The topological polar surface area (TPSA) is 57.2 Å². The fraction of sp³-hybridized carbons (Fsp3) is 0. The maximum absolute atomic E-state index is 12.8. The minimum atomic E-state index is -0.351. The van der Waals surface area contributed by atoms with E-state index in [4.69, 9.17) is 23.2 Å². The normalized spacial score (nSPS) is 11.2. The van der Waals surface area contributed by atoms with E-state index < -0.39 is 0 Å². The van der Waals surface area contributed by atoms with Gasteiger partial charge in [0.1, 0.15) is 5.69 Å². The molecule has 0 saturated carbocycles. The summed E-state index contributed by atoms with van der Waals surface area (Å²) >= 11 is 12.2. The van der Waals surface area contributed by atoms with Crippen LogP contribution < -0.4 is 5.43 Å². The molecule has 0 aliphatic rings. The van der Waals surface area contributed by atoms with Gasteiger partial charge in [0.05, 0.1) is 16.8 Å². The third-order valence-corrected chi connectivity index (χ3v) is 4.89. The summed E-state index contributed by atoms with van der Waals surface area (Å²) in [6, 6.07) is 22.4. The minimum absolute atomic E-state index is 0.351. The summed E-state index contributed by atoms with van der Waals surface area (Å²) in [5.41, 5.74) is 6.23. The van der Waals surface area contributed by atoms with Crippen LogP contribution in [0.1, 0.15) is 16.1 Å². The van der Waals surface area contributed by atoms with Crippen LogP contribution in [0.15, 0.2) is 77.9 Å². The van der Waals surface area contributed by atoms with Gasteiger partial charge in [0, 0.05) is 16.0 Å². The van der Waals surface area contributed by atoms with Crippen molar-refractivity contribution in [2.24, 2.45) is 5.10 Å². The quantitative estimate of drug-likeness (QED) is 0.320. The van der Waals surface area contributed by atoms with Gasteiger partial charge in [-0.25, -0.2) is 5.43 Å². The summed E-state index contributed by atoms with van der Waals surface area (Å²) in [4.78, 5) is 16.0. The zero-order chi connectivity index (χ0) is 19.5. The number of carbonyl (C=O) groups excluding carboxylic acids is 1. The summed E-state index contributed by atoms with van der Waals surface area (Å²) in [6.45, 7) is 0. The van der Waals surface area contributed by atoms with Crippen LogP contribution in [0.3, 0.4) is 0 Å². The van der Waals surface area contributed by atoms with E-state index in [1.165, 1.54) is 0 Å². The second kappa shape index (κ2) is 7.89. The molecule has 4 aromatic rings. The van der Waals surface area contributed by atoms with Crippen molar-refractivity contribution < 1.29 is 4.79 Å². The average molecular weight is 408 g/mol. The predicted octanol–water partition coefficient (Wildman–Crippen LogP) is 5.91. The number of hydrogen-bond donors (Lipinski definition) is 2. The van der Waals surface area contributed by atoms with Gasteiger partial charge in [0.15, 0.2) is 0 Å². The van der Waals surface area contributed by atoms with Crippen LogP contribution in [-0.4, -0.2) is 17.1 Å². The van der Waals surface area contributed by atoms with Crippen molar-refractivity contribution in [3.8, 4) is 11.1 Å². The number of H-pyrrole nitrogens is 1. The SMILES string of the molecule is O=C(N/N=C/c1ccc(Cl)cc1)c1[nH]c2c(Cl)cccc2c1-c1ccccc1. The lowest BCUT2D eigenvalue weighted by atomic mass is 10.0. The van der Waals surface area contributed by atoms with Gasteiger partial charge < -0.3 is 4.98 Å². The summed E-state index contributed by atoms with van der Waals surface area (Å²) < 4.78 is 0. The maximum Gasteiger partial charge on any atom is 0.288 e. The van der Waals surface area contributed by atoms with Gasteiger partial charge in [-0.3, -0.25) is 4.79 Å². The number of para-hydroxylation sites is 1. The molecule has 6 heteroatoms. The van der Waals surface area contributed by atoms with Gasteiger partial charge in [-0.1, -0.05) is 77.8 Å². The maximum atomic E-state index is 12.8. The number of fused-ring (bicyclic) bond motifs is 1. The van der Waals surface area contributed by atoms with E-state index in [2.05, 4.69) is 15.5 Å². The lowest BCUT2D eigenvalue weighted by Gasteiger charge is -2.04. The number of nitrogens with zero attached hydrogens (tertiary/aromatic N) is 1. The molecule has 0 unspecified atom stereocenters. The van der Waals surface area contributed by atoms with Crippen LogP contribution in [-0.2, 0) is 0 Å². The second-order valence-electron chi connectivity index (χ2n) is 6.15. The monoisotopic (exact) mass is 407 g/mol. The molecule has 0 radical (unpaired) electrons.